The summed E-state index contributed by atoms with van der Waals surface area (Å²) in [6, 6.07) is 5.96. The molecule has 12 heteroatoms. The van der Waals surface area contributed by atoms with Gasteiger partial charge >= 0.3 is 11.9 Å². The highest BCUT2D eigenvalue weighted by Gasteiger charge is 2.49. The van der Waals surface area contributed by atoms with Gasteiger partial charge in [0.1, 0.15) is 30.2 Å². The lowest BCUT2D eigenvalue weighted by atomic mass is 10.0. The van der Waals surface area contributed by atoms with E-state index >= 15 is 0 Å². The Morgan fingerprint density at radius 1 is 0.906 bits per heavy atom. The average molecular weight is 458 g/mol. The molecule has 1 aromatic carbocycles. The maximum atomic E-state index is 12.6. The van der Waals surface area contributed by atoms with Crippen molar-refractivity contribution in [2.45, 2.75) is 56.1 Å². The van der Waals surface area contributed by atoms with Gasteiger partial charge in [-0.3, -0.25) is 4.79 Å². The van der Waals surface area contributed by atoms with Crippen molar-refractivity contribution in [1.29, 1.82) is 0 Å². The van der Waals surface area contributed by atoms with Crippen LogP contribution in [0.5, 0.6) is 5.75 Å². The summed E-state index contributed by atoms with van der Waals surface area (Å²) >= 11 is 0. The summed E-state index contributed by atoms with van der Waals surface area (Å²) < 4.78 is 31.4. The Morgan fingerprint density at radius 2 is 1.56 bits per heavy atom. The van der Waals surface area contributed by atoms with Gasteiger partial charge in [0.2, 0.25) is 0 Å². The number of benzene rings is 1. The smallest absolute Gasteiger partial charge is 0.338 e. The molecule has 1 unspecified atom stereocenters. The van der Waals surface area contributed by atoms with Crippen molar-refractivity contribution in [3.63, 3.8) is 0 Å². The molecule has 0 saturated carbocycles. The fraction of sp³-hybridized carbons (Fsp3) is 0.600. The molecule has 4 N–H and O–H groups in total. The van der Waals surface area contributed by atoms with E-state index in [-0.39, 0.29) is 18.8 Å². The van der Waals surface area contributed by atoms with Crippen molar-refractivity contribution >= 4 is 11.9 Å². The lowest BCUT2D eigenvalue weighted by molar-refractivity contribution is -0.329. The topological polar surface area (TPSA) is 170 Å². The van der Waals surface area contributed by atoms with Gasteiger partial charge in [0.25, 0.3) is 0 Å². The van der Waals surface area contributed by atoms with Crippen molar-refractivity contribution in [3.8, 4) is 5.75 Å². The molecule has 1 aromatic rings. The predicted molar refractivity (Wildman–Crippen MR) is 102 cm³/mol. The number of esters is 2. The Labute approximate surface area is 183 Å². The Kier molecular flexibility index (Phi) is 8.00. The molecule has 178 valence electrons. The Morgan fingerprint density at radius 3 is 2.19 bits per heavy atom. The van der Waals surface area contributed by atoms with E-state index in [1.807, 2.05) is 0 Å². The zero-order chi connectivity index (χ0) is 23.4. The molecule has 3 rings (SSSR count). The third-order valence-corrected chi connectivity index (χ3v) is 5.01. The quantitative estimate of drug-likeness (QED) is 0.358. The second kappa shape index (κ2) is 10.5. The molecule has 0 aliphatic carbocycles. The Balaban J connectivity index is 1.78. The number of hydrogen-bond donors (Lipinski definition) is 4. The van der Waals surface area contributed by atoms with Crippen molar-refractivity contribution in [2.24, 2.45) is 0 Å². The highest BCUT2D eigenvalue weighted by molar-refractivity contribution is 5.89. The standard InChI is InChI=1S/C20H26O12/c1-9(21)30-17-15(13(23)8-28-19(17)26)32-20-16(14(24)12(22)7-29-20)31-18(25)10-3-5-11(27-2)6-4-10/h3-6,12-17,19-20,22-24,26H,7-8H2,1-2H3/t12-,13-,14+,15-,16-,17+,19?,20+/m1/s1. The van der Waals surface area contributed by atoms with E-state index in [4.69, 9.17) is 28.4 Å². The first-order chi connectivity index (χ1) is 15.2. The molecule has 0 spiro atoms. The van der Waals surface area contributed by atoms with Gasteiger partial charge < -0.3 is 48.8 Å². The van der Waals surface area contributed by atoms with Gasteiger partial charge in [0.15, 0.2) is 24.8 Å². The number of carbonyl (C=O) groups excluding carboxylic acids is 2. The zero-order valence-electron chi connectivity index (χ0n) is 17.4. The highest BCUT2D eigenvalue weighted by atomic mass is 16.7. The van der Waals surface area contributed by atoms with Crippen molar-refractivity contribution < 1.29 is 58.4 Å². The number of methoxy groups -OCH3 is 1. The van der Waals surface area contributed by atoms with Crippen LogP contribution in [0.2, 0.25) is 0 Å². The number of aliphatic hydroxyl groups excluding tert-OH is 4. The van der Waals surface area contributed by atoms with Crippen LogP contribution >= 0.6 is 0 Å². The van der Waals surface area contributed by atoms with Gasteiger partial charge in [-0.25, -0.2) is 4.79 Å². The molecule has 0 bridgehead atoms. The summed E-state index contributed by atoms with van der Waals surface area (Å²) in [6.07, 6.45) is -11.6. The molecule has 2 saturated heterocycles. The number of aliphatic hydroxyl groups is 4. The van der Waals surface area contributed by atoms with Crippen LogP contribution in [-0.4, -0.2) is 102 Å². The fourth-order valence-electron chi connectivity index (χ4n) is 3.34. The minimum Gasteiger partial charge on any atom is -0.497 e. The van der Waals surface area contributed by atoms with Crippen LogP contribution in [0.1, 0.15) is 17.3 Å². The molecule has 2 aliphatic rings. The molecular weight excluding hydrogens is 432 g/mol. The Hall–Kier alpha value is -2.32. The van der Waals surface area contributed by atoms with E-state index in [9.17, 15) is 30.0 Å². The molecule has 32 heavy (non-hydrogen) atoms. The monoisotopic (exact) mass is 458 g/mol. The van der Waals surface area contributed by atoms with Crippen LogP contribution in [0.15, 0.2) is 24.3 Å². The minimum absolute atomic E-state index is 0.135. The van der Waals surface area contributed by atoms with Gasteiger partial charge in [-0.2, -0.15) is 0 Å². The SMILES string of the molecule is COc1ccc(C(=O)O[C@H]2[C@H](O[C@@H]3[C@H](O)COC(O)[C@H]3OC(C)=O)OC[C@@H](O)[C@@H]2O)cc1. The third-order valence-electron chi connectivity index (χ3n) is 5.01. The van der Waals surface area contributed by atoms with Crippen LogP contribution in [0, 0.1) is 0 Å². The molecule has 2 aliphatic heterocycles. The summed E-state index contributed by atoms with van der Waals surface area (Å²) in [4.78, 5) is 24.0. The van der Waals surface area contributed by atoms with Gasteiger partial charge in [-0.05, 0) is 24.3 Å². The maximum Gasteiger partial charge on any atom is 0.338 e. The van der Waals surface area contributed by atoms with Crippen LogP contribution in [0.25, 0.3) is 0 Å². The van der Waals surface area contributed by atoms with E-state index in [1.54, 1.807) is 0 Å². The van der Waals surface area contributed by atoms with Gasteiger partial charge in [-0.1, -0.05) is 0 Å². The summed E-state index contributed by atoms with van der Waals surface area (Å²) in [5.74, 6) is -1.09. The molecule has 8 atom stereocenters. The minimum atomic E-state index is -1.59. The van der Waals surface area contributed by atoms with Crippen molar-refractivity contribution in [3.05, 3.63) is 29.8 Å². The van der Waals surface area contributed by atoms with Gasteiger partial charge in [-0.15, -0.1) is 0 Å². The lowest BCUT2D eigenvalue weighted by Crippen LogP contribution is -2.61. The third kappa shape index (κ3) is 5.53. The molecule has 0 aromatic heterocycles. The summed E-state index contributed by atoms with van der Waals surface area (Å²) in [5, 5.41) is 40.7. The fourth-order valence-corrected chi connectivity index (χ4v) is 3.34. The van der Waals surface area contributed by atoms with Gasteiger partial charge in [0.05, 0.1) is 25.9 Å². The Bertz CT molecular complexity index is 783. The molecule has 2 heterocycles. The van der Waals surface area contributed by atoms with Crippen molar-refractivity contribution in [1.82, 2.24) is 0 Å². The van der Waals surface area contributed by atoms with E-state index in [0.29, 0.717) is 5.75 Å². The van der Waals surface area contributed by atoms with E-state index in [1.165, 1.54) is 31.4 Å². The molecule has 0 amide bonds. The summed E-state index contributed by atoms with van der Waals surface area (Å²) in [5.41, 5.74) is 0.135. The average Bonchev–Trinajstić information content (AvgIpc) is 2.77. The molecule has 12 nitrogen and oxygen atoms in total. The van der Waals surface area contributed by atoms with Crippen LogP contribution < -0.4 is 4.74 Å². The first kappa shape index (κ1) is 24.3. The molecular formula is C20H26O12. The first-order valence-corrected chi connectivity index (χ1v) is 9.84. The molecule has 0 radical (unpaired) electrons. The predicted octanol–water partition coefficient (Wildman–Crippen LogP) is -1.67. The molecule has 2 fully saturated rings. The van der Waals surface area contributed by atoms with E-state index in [2.05, 4.69) is 0 Å². The largest absolute Gasteiger partial charge is 0.497 e. The lowest BCUT2D eigenvalue weighted by Gasteiger charge is -2.43. The number of hydrogen-bond acceptors (Lipinski definition) is 12. The number of carbonyl (C=O) groups is 2. The first-order valence-electron chi connectivity index (χ1n) is 9.84. The van der Waals surface area contributed by atoms with Crippen LogP contribution in [0.4, 0.5) is 0 Å². The van der Waals surface area contributed by atoms with Gasteiger partial charge in [0, 0.05) is 6.92 Å². The number of ether oxygens (including phenoxy) is 6. The zero-order valence-corrected chi connectivity index (χ0v) is 17.4. The maximum absolute atomic E-state index is 12.6. The normalized spacial score (nSPS) is 35.1. The van der Waals surface area contributed by atoms with Crippen molar-refractivity contribution in [2.75, 3.05) is 20.3 Å². The summed E-state index contributed by atoms with van der Waals surface area (Å²) in [7, 11) is 1.47. The van der Waals surface area contributed by atoms with Crippen LogP contribution in [0.3, 0.4) is 0 Å². The second-order valence-corrected chi connectivity index (χ2v) is 7.32. The highest BCUT2D eigenvalue weighted by Crippen LogP contribution is 2.27. The van der Waals surface area contributed by atoms with E-state index < -0.39 is 61.1 Å². The summed E-state index contributed by atoms with van der Waals surface area (Å²) in [6.45, 7) is 0.405. The second-order valence-electron chi connectivity index (χ2n) is 7.32. The van der Waals surface area contributed by atoms with E-state index in [0.717, 1.165) is 6.92 Å². The number of rotatable bonds is 6. The van der Waals surface area contributed by atoms with Crippen LogP contribution in [-0.2, 0) is 28.5 Å².